The molecule has 0 saturated heterocycles. The van der Waals surface area contributed by atoms with Gasteiger partial charge >= 0.3 is 0 Å². The fourth-order valence-electron chi connectivity index (χ4n) is 2.25. The average molecular weight is 250 g/mol. The van der Waals surface area contributed by atoms with Gasteiger partial charge in [0.1, 0.15) is 4.88 Å². The third kappa shape index (κ3) is 1.98. The van der Waals surface area contributed by atoms with Gasteiger partial charge in [0.25, 0.3) is 5.89 Å². The lowest BCUT2D eigenvalue weighted by molar-refractivity contribution is 0.275. The molecule has 1 fully saturated rings. The molecule has 0 bridgehead atoms. The Morgan fingerprint density at radius 2 is 2.12 bits per heavy atom. The maximum atomic E-state index is 6.35. The van der Waals surface area contributed by atoms with Crippen molar-refractivity contribution in [2.75, 3.05) is 0 Å². The molecule has 0 spiro atoms. The third-order valence-electron chi connectivity index (χ3n) is 3.26. The first-order valence-corrected chi connectivity index (χ1v) is 6.68. The molecule has 0 amide bonds. The summed E-state index contributed by atoms with van der Waals surface area (Å²) >= 11 is 1.49. The van der Waals surface area contributed by atoms with Gasteiger partial charge < -0.3 is 10.3 Å². The third-order valence-corrected chi connectivity index (χ3v) is 4.02. The highest BCUT2D eigenvalue weighted by Crippen LogP contribution is 2.34. The Morgan fingerprint density at radius 3 is 2.82 bits per heavy atom. The van der Waals surface area contributed by atoms with E-state index in [0.717, 1.165) is 30.6 Å². The van der Waals surface area contributed by atoms with E-state index < -0.39 is 5.54 Å². The summed E-state index contributed by atoms with van der Waals surface area (Å²) in [4.78, 5) is 9.30. The molecule has 2 N–H and O–H groups in total. The van der Waals surface area contributed by atoms with Crippen LogP contribution in [0.25, 0.3) is 10.8 Å². The Kier molecular flexibility index (Phi) is 2.68. The largest absolute Gasteiger partial charge is 0.333 e. The molecular weight excluding hydrogens is 236 g/mol. The van der Waals surface area contributed by atoms with Gasteiger partial charge in [-0.2, -0.15) is 4.98 Å². The summed E-state index contributed by atoms with van der Waals surface area (Å²) in [5.74, 6) is 1.17. The van der Waals surface area contributed by atoms with Gasteiger partial charge in [-0.15, -0.1) is 11.3 Å². The van der Waals surface area contributed by atoms with Crippen LogP contribution >= 0.6 is 11.3 Å². The second kappa shape index (κ2) is 4.19. The molecular formula is C11H14N4OS. The maximum absolute atomic E-state index is 6.35. The van der Waals surface area contributed by atoms with E-state index in [0.29, 0.717) is 11.7 Å². The van der Waals surface area contributed by atoms with Gasteiger partial charge in [-0.25, -0.2) is 0 Å². The topological polar surface area (TPSA) is 77.8 Å². The zero-order valence-corrected chi connectivity index (χ0v) is 10.2. The summed E-state index contributed by atoms with van der Waals surface area (Å²) in [5.41, 5.74) is 7.70. The first-order chi connectivity index (χ1) is 8.28. The summed E-state index contributed by atoms with van der Waals surface area (Å²) in [6, 6.07) is 0. The second-order valence-corrected chi connectivity index (χ2v) is 5.39. The van der Waals surface area contributed by atoms with E-state index in [-0.39, 0.29) is 0 Å². The van der Waals surface area contributed by atoms with Gasteiger partial charge in [0.2, 0.25) is 0 Å². The molecule has 6 heteroatoms. The SMILES string of the molecule is NC1(c2noc(-c3cncs3)n2)CCCCC1. The molecule has 2 aromatic rings. The first kappa shape index (κ1) is 10.9. The van der Waals surface area contributed by atoms with Crippen LogP contribution in [0.2, 0.25) is 0 Å². The highest BCUT2D eigenvalue weighted by molar-refractivity contribution is 7.13. The van der Waals surface area contributed by atoms with Crippen LogP contribution in [0.15, 0.2) is 16.2 Å². The van der Waals surface area contributed by atoms with E-state index in [1.54, 1.807) is 11.7 Å². The minimum absolute atomic E-state index is 0.398. The van der Waals surface area contributed by atoms with Gasteiger partial charge in [-0.05, 0) is 12.8 Å². The number of hydrogen-bond acceptors (Lipinski definition) is 6. The van der Waals surface area contributed by atoms with Crippen molar-refractivity contribution in [3.63, 3.8) is 0 Å². The first-order valence-electron chi connectivity index (χ1n) is 5.80. The molecule has 0 unspecified atom stereocenters. The van der Waals surface area contributed by atoms with Crippen molar-refractivity contribution in [1.29, 1.82) is 0 Å². The van der Waals surface area contributed by atoms with Gasteiger partial charge in [0.15, 0.2) is 5.82 Å². The van der Waals surface area contributed by atoms with Crippen LogP contribution in [-0.2, 0) is 5.54 Å². The zero-order valence-electron chi connectivity index (χ0n) is 9.43. The van der Waals surface area contributed by atoms with Gasteiger partial charge in [0.05, 0.1) is 17.2 Å². The lowest BCUT2D eigenvalue weighted by Crippen LogP contribution is -2.39. The molecule has 17 heavy (non-hydrogen) atoms. The number of aromatic nitrogens is 3. The monoisotopic (exact) mass is 250 g/mol. The molecule has 5 nitrogen and oxygen atoms in total. The van der Waals surface area contributed by atoms with Gasteiger partial charge in [-0.1, -0.05) is 24.4 Å². The summed E-state index contributed by atoms with van der Waals surface area (Å²) in [5, 5.41) is 4.04. The van der Waals surface area contributed by atoms with Crippen LogP contribution < -0.4 is 5.73 Å². The maximum Gasteiger partial charge on any atom is 0.269 e. The van der Waals surface area contributed by atoms with Crippen molar-refractivity contribution in [3.05, 3.63) is 17.5 Å². The lowest BCUT2D eigenvalue weighted by Gasteiger charge is -2.29. The van der Waals surface area contributed by atoms with E-state index in [1.807, 2.05) is 0 Å². The number of hydrogen-bond donors (Lipinski definition) is 1. The Labute approximate surface area is 103 Å². The Bertz CT molecular complexity index is 487. The van der Waals surface area contributed by atoms with Crippen molar-refractivity contribution in [3.8, 4) is 10.8 Å². The summed E-state index contributed by atoms with van der Waals surface area (Å²) in [7, 11) is 0. The van der Waals surface area contributed by atoms with Crippen LogP contribution in [0.3, 0.4) is 0 Å². The fraction of sp³-hybridized carbons (Fsp3) is 0.545. The predicted molar refractivity (Wildman–Crippen MR) is 64.4 cm³/mol. The Morgan fingerprint density at radius 1 is 1.29 bits per heavy atom. The molecule has 2 aromatic heterocycles. The molecule has 1 aliphatic carbocycles. The summed E-state index contributed by atoms with van der Waals surface area (Å²) in [6.45, 7) is 0. The second-order valence-electron chi connectivity index (χ2n) is 4.51. The highest BCUT2D eigenvalue weighted by atomic mass is 32.1. The van der Waals surface area contributed by atoms with E-state index in [9.17, 15) is 0 Å². The van der Waals surface area contributed by atoms with E-state index in [1.165, 1.54) is 17.8 Å². The average Bonchev–Trinajstić information content (AvgIpc) is 3.01. The van der Waals surface area contributed by atoms with Crippen molar-refractivity contribution in [2.45, 2.75) is 37.6 Å². The molecule has 0 aliphatic heterocycles. The van der Waals surface area contributed by atoms with E-state index in [2.05, 4.69) is 15.1 Å². The number of nitrogens with zero attached hydrogens (tertiary/aromatic N) is 3. The van der Waals surface area contributed by atoms with Crippen LogP contribution in [0.5, 0.6) is 0 Å². The number of nitrogens with two attached hydrogens (primary N) is 1. The van der Waals surface area contributed by atoms with E-state index in [4.69, 9.17) is 10.3 Å². The number of thiazole rings is 1. The van der Waals surface area contributed by atoms with Gasteiger partial charge in [-0.3, -0.25) is 4.98 Å². The van der Waals surface area contributed by atoms with Crippen LogP contribution in [0.4, 0.5) is 0 Å². The van der Waals surface area contributed by atoms with Crippen molar-refractivity contribution in [2.24, 2.45) is 5.73 Å². The fourth-order valence-corrected chi connectivity index (χ4v) is 2.79. The zero-order chi connectivity index (χ0) is 11.7. The molecule has 0 radical (unpaired) electrons. The predicted octanol–water partition coefficient (Wildman–Crippen LogP) is 2.31. The lowest BCUT2D eigenvalue weighted by atomic mass is 9.82. The normalized spacial score (nSPS) is 19.4. The molecule has 3 rings (SSSR count). The van der Waals surface area contributed by atoms with Crippen molar-refractivity contribution < 1.29 is 4.52 Å². The molecule has 90 valence electrons. The standard InChI is InChI=1S/C11H14N4OS/c12-11(4-2-1-3-5-11)10-14-9(16-15-10)8-6-13-7-17-8/h6-7H,1-5,12H2. The smallest absolute Gasteiger partial charge is 0.269 e. The number of rotatable bonds is 2. The highest BCUT2D eigenvalue weighted by Gasteiger charge is 2.34. The Hall–Kier alpha value is -1.27. The molecule has 0 atom stereocenters. The van der Waals surface area contributed by atoms with Crippen molar-refractivity contribution >= 4 is 11.3 Å². The molecule has 2 heterocycles. The van der Waals surface area contributed by atoms with E-state index >= 15 is 0 Å². The molecule has 1 aliphatic rings. The minimum atomic E-state index is -0.398. The summed E-state index contributed by atoms with van der Waals surface area (Å²) in [6.07, 6.45) is 7.13. The van der Waals surface area contributed by atoms with Gasteiger partial charge in [0, 0.05) is 0 Å². The minimum Gasteiger partial charge on any atom is -0.333 e. The molecule has 0 aromatic carbocycles. The van der Waals surface area contributed by atoms with Crippen molar-refractivity contribution in [1.82, 2.24) is 15.1 Å². The Balaban J connectivity index is 1.89. The van der Waals surface area contributed by atoms with Crippen LogP contribution in [0, 0.1) is 0 Å². The quantitative estimate of drug-likeness (QED) is 0.884. The summed E-state index contributed by atoms with van der Waals surface area (Å²) < 4.78 is 5.26. The van der Waals surface area contributed by atoms with Crippen LogP contribution in [-0.4, -0.2) is 15.1 Å². The van der Waals surface area contributed by atoms with Crippen LogP contribution in [0.1, 0.15) is 37.9 Å². The molecule has 1 saturated carbocycles.